The smallest absolute Gasteiger partial charge is 0.270 e. The third-order valence-corrected chi connectivity index (χ3v) is 6.98. The van der Waals surface area contributed by atoms with E-state index in [-0.39, 0.29) is 43.4 Å². The maximum absolute atomic E-state index is 13.9. The Kier molecular flexibility index (Phi) is 10.1. The van der Waals surface area contributed by atoms with E-state index in [1.807, 2.05) is 42.6 Å². The third kappa shape index (κ3) is 7.24. The summed E-state index contributed by atoms with van der Waals surface area (Å²) in [6, 6.07) is 18.9. The van der Waals surface area contributed by atoms with E-state index < -0.39 is 10.8 Å². The van der Waals surface area contributed by atoms with Crippen molar-refractivity contribution < 1.29 is 28.7 Å². The van der Waals surface area contributed by atoms with Crippen LogP contribution in [0.25, 0.3) is 10.9 Å². The van der Waals surface area contributed by atoms with Gasteiger partial charge in [-0.2, -0.15) is 0 Å². The van der Waals surface area contributed by atoms with E-state index in [1.54, 1.807) is 25.2 Å². The molecule has 0 radical (unpaired) electrons. The first-order chi connectivity index (χ1) is 20.3. The number of nitrogens with one attached hydrogen (secondary N) is 1. The summed E-state index contributed by atoms with van der Waals surface area (Å²) in [6.45, 7) is 0.754. The number of aromatic amines is 1. The van der Waals surface area contributed by atoms with Gasteiger partial charge in [0, 0.05) is 61.5 Å². The number of hydrogen-bond acceptors (Lipinski definition) is 7. The molecule has 0 bridgehead atoms. The molecule has 0 spiro atoms. The molecule has 1 N–H and O–H groups in total. The van der Waals surface area contributed by atoms with Gasteiger partial charge in [-0.3, -0.25) is 19.7 Å². The van der Waals surface area contributed by atoms with Crippen LogP contribution in [-0.2, 0) is 22.5 Å². The van der Waals surface area contributed by atoms with Crippen molar-refractivity contribution in [1.29, 1.82) is 0 Å². The Labute approximate surface area is 243 Å². The molecule has 0 atom stereocenters. The van der Waals surface area contributed by atoms with Gasteiger partial charge in [0.15, 0.2) is 11.5 Å². The zero-order chi connectivity index (χ0) is 30.1. The van der Waals surface area contributed by atoms with E-state index in [9.17, 15) is 19.7 Å². The number of nitro benzene ring substituents is 1. The molecule has 11 heteroatoms. The number of amides is 2. The van der Waals surface area contributed by atoms with Crippen LogP contribution >= 0.6 is 0 Å². The van der Waals surface area contributed by atoms with Crippen LogP contribution in [0.3, 0.4) is 0 Å². The van der Waals surface area contributed by atoms with E-state index in [0.29, 0.717) is 24.5 Å². The van der Waals surface area contributed by atoms with Crippen molar-refractivity contribution in [1.82, 2.24) is 14.8 Å². The summed E-state index contributed by atoms with van der Waals surface area (Å²) >= 11 is 0. The molecule has 1 aromatic heterocycles. The molecule has 1 heterocycles. The fraction of sp³-hybridized carbons (Fsp3) is 0.290. The second-order valence-electron chi connectivity index (χ2n) is 9.64. The molecule has 0 aliphatic rings. The van der Waals surface area contributed by atoms with Crippen LogP contribution in [-0.4, -0.2) is 79.1 Å². The van der Waals surface area contributed by atoms with Crippen molar-refractivity contribution in [2.24, 2.45) is 0 Å². The van der Waals surface area contributed by atoms with Crippen LogP contribution in [0.4, 0.5) is 5.69 Å². The number of aromatic nitrogens is 1. The molecule has 4 aromatic rings. The minimum Gasteiger partial charge on any atom is -0.493 e. The number of carbonyl (C=O) groups is 2. The van der Waals surface area contributed by atoms with Crippen LogP contribution < -0.4 is 9.47 Å². The fourth-order valence-electron chi connectivity index (χ4n) is 4.74. The molecule has 4 rings (SSSR count). The highest BCUT2D eigenvalue weighted by atomic mass is 16.6. The van der Waals surface area contributed by atoms with Crippen molar-refractivity contribution in [3.05, 3.63) is 99.7 Å². The number of carbonyl (C=O) groups excluding carboxylic acids is 2. The second kappa shape index (κ2) is 14.1. The topological polar surface area (TPSA) is 127 Å². The number of nitro groups is 1. The molecular weight excluding hydrogens is 540 g/mol. The quantitative estimate of drug-likeness (QED) is 0.174. The zero-order valence-electron chi connectivity index (χ0n) is 23.9. The molecule has 0 aliphatic heterocycles. The lowest BCUT2D eigenvalue weighted by molar-refractivity contribution is -0.384. The number of benzene rings is 3. The maximum atomic E-state index is 13.9. The molecule has 2 amide bonds. The summed E-state index contributed by atoms with van der Waals surface area (Å²) in [4.78, 5) is 44.3. The van der Waals surface area contributed by atoms with E-state index in [2.05, 4.69) is 4.98 Å². The minimum absolute atomic E-state index is 0.123. The van der Waals surface area contributed by atoms with E-state index in [4.69, 9.17) is 14.2 Å². The van der Waals surface area contributed by atoms with Gasteiger partial charge in [-0.15, -0.1) is 0 Å². The maximum Gasteiger partial charge on any atom is 0.270 e. The van der Waals surface area contributed by atoms with Crippen LogP contribution in [0.1, 0.15) is 21.5 Å². The Morgan fingerprint density at radius 1 is 0.905 bits per heavy atom. The SMILES string of the molecule is COCCN(CC(=O)N(CCc1c[nH]c2ccccc12)Cc1ccc(OC)c(OC)c1)C(=O)c1cccc([N+](=O)[O-])c1. The normalized spacial score (nSPS) is 10.8. The summed E-state index contributed by atoms with van der Waals surface area (Å²) in [7, 11) is 4.61. The lowest BCUT2D eigenvalue weighted by Crippen LogP contribution is -2.44. The predicted octanol–water partition coefficient (Wildman–Crippen LogP) is 4.45. The number of hydrogen-bond donors (Lipinski definition) is 1. The number of non-ortho nitro benzene ring substituents is 1. The molecule has 0 aliphatic carbocycles. The monoisotopic (exact) mass is 574 g/mol. The molecule has 0 saturated heterocycles. The van der Waals surface area contributed by atoms with Crippen molar-refractivity contribution in [3.8, 4) is 11.5 Å². The summed E-state index contributed by atoms with van der Waals surface area (Å²) in [5, 5.41) is 12.4. The number of rotatable bonds is 14. The molecule has 220 valence electrons. The first-order valence-corrected chi connectivity index (χ1v) is 13.4. The van der Waals surface area contributed by atoms with Gasteiger partial charge in [-0.1, -0.05) is 30.3 Å². The van der Waals surface area contributed by atoms with Gasteiger partial charge >= 0.3 is 0 Å². The zero-order valence-corrected chi connectivity index (χ0v) is 23.9. The van der Waals surface area contributed by atoms with Gasteiger partial charge in [-0.25, -0.2) is 0 Å². The largest absolute Gasteiger partial charge is 0.493 e. The van der Waals surface area contributed by atoms with Crippen molar-refractivity contribution in [2.75, 3.05) is 47.6 Å². The van der Waals surface area contributed by atoms with Crippen LogP contribution in [0.15, 0.2) is 72.9 Å². The Hall–Kier alpha value is -4.90. The molecule has 3 aromatic carbocycles. The number of ether oxygens (including phenoxy) is 3. The van der Waals surface area contributed by atoms with Gasteiger partial charge in [0.25, 0.3) is 11.6 Å². The number of para-hydroxylation sites is 1. The molecular formula is C31H34N4O7. The Morgan fingerprint density at radius 3 is 2.43 bits per heavy atom. The van der Waals surface area contributed by atoms with Gasteiger partial charge < -0.3 is 29.0 Å². The van der Waals surface area contributed by atoms with Crippen LogP contribution in [0.2, 0.25) is 0 Å². The van der Waals surface area contributed by atoms with Crippen molar-refractivity contribution in [2.45, 2.75) is 13.0 Å². The van der Waals surface area contributed by atoms with Crippen molar-refractivity contribution >= 4 is 28.4 Å². The van der Waals surface area contributed by atoms with E-state index in [1.165, 1.54) is 36.3 Å². The Bertz CT molecular complexity index is 1550. The highest BCUT2D eigenvalue weighted by molar-refractivity contribution is 5.97. The molecule has 0 unspecified atom stereocenters. The predicted molar refractivity (Wildman–Crippen MR) is 158 cm³/mol. The second-order valence-corrected chi connectivity index (χ2v) is 9.64. The molecule has 11 nitrogen and oxygen atoms in total. The lowest BCUT2D eigenvalue weighted by Gasteiger charge is -2.28. The average molecular weight is 575 g/mol. The van der Waals surface area contributed by atoms with E-state index >= 15 is 0 Å². The molecule has 42 heavy (non-hydrogen) atoms. The molecule has 0 saturated carbocycles. The summed E-state index contributed by atoms with van der Waals surface area (Å²) in [6.07, 6.45) is 2.53. The van der Waals surface area contributed by atoms with Gasteiger partial charge in [-0.05, 0) is 41.8 Å². The standard InChI is InChI=1S/C31H34N4O7/c1-40-16-15-34(31(37)23-7-6-8-25(18-23)35(38)39)21-30(36)33(20-22-11-12-28(41-2)29(17-22)42-3)14-13-24-19-32-27-10-5-4-9-26(24)27/h4-12,17-19,32H,13-16,20-21H2,1-3H3. The Morgan fingerprint density at radius 2 is 1.69 bits per heavy atom. The molecule has 0 fully saturated rings. The van der Waals surface area contributed by atoms with Gasteiger partial charge in [0.05, 0.1) is 25.7 Å². The van der Waals surface area contributed by atoms with Crippen molar-refractivity contribution in [3.63, 3.8) is 0 Å². The van der Waals surface area contributed by atoms with Gasteiger partial charge in [0.1, 0.15) is 6.54 Å². The number of methoxy groups -OCH3 is 3. The fourth-order valence-corrected chi connectivity index (χ4v) is 4.74. The highest BCUT2D eigenvalue weighted by Crippen LogP contribution is 2.28. The lowest BCUT2D eigenvalue weighted by atomic mass is 10.1. The summed E-state index contributed by atoms with van der Waals surface area (Å²) in [5.41, 5.74) is 2.83. The minimum atomic E-state index is -0.559. The van der Waals surface area contributed by atoms with Gasteiger partial charge in [0.2, 0.25) is 5.91 Å². The number of nitrogens with zero attached hydrogens (tertiary/aromatic N) is 3. The number of fused-ring (bicyclic) bond motifs is 1. The first kappa shape index (κ1) is 30.1. The van der Waals surface area contributed by atoms with Crippen LogP contribution in [0.5, 0.6) is 11.5 Å². The average Bonchev–Trinajstić information content (AvgIpc) is 3.43. The van der Waals surface area contributed by atoms with E-state index in [0.717, 1.165) is 22.0 Å². The number of H-pyrrole nitrogens is 1. The highest BCUT2D eigenvalue weighted by Gasteiger charge is 2.24. The summed E-state index contributed by atoms with van der Waals surface area (Å²) < 4.78 is 16.0. The van der Waals surface area contributed by atoms with Crippen LogP contribution in [0, 0.1) is 10.1 Å². The third-order valence-electron chi connectivity index (χ3n) is 6.98. The summed E-state index contributed by atoms with van der Waals surface area (Å²) in [5.74, 6) is 0.346. The Balaban J connectivity index is 1.59. The first-order valence-electron chi connectivity index (χ1n) is 13.4.